The van der Waals surface area contributed by atoms with E-state index in [-0.39, 0.29) is 0 Å². The number of likely N-dealkylation sites (N-methyl/N-ethyl adjacent to an activating group) is 1. The number of hydrogen-bond acceptors (Lipinski definition) is 3. The van der Waals surface area contributed by atoms with Crippen molar-refractivity contribution in [3.8, 4) is 0 Å². The number of rotatable bonds is 5. The topological polar surface area (TPSA) is 18.5 Å². The molecule has 3 nitrogen and oxygen atoms in total. The first-order valence-corrected chi connectivity index (χ1v) is 7.01. The SMILES string of the molecule is CCC1CN(CCNc2ccccc2)CCN1C. The molecule has 0 aliphatic carbocycles. The largest absolute Gasteiger partial charge is 0.384 e. The molecule has 1 atom stereocenters. The second-order valence-corrected chi connectivity index (χ2v) is 5.14. The summed E-state index contributed by atoms with van der Waals surface area (Å²) in [6, 6.07) is 11.2. The Morgan fingerprint density at radius 1 is 1.22 bits per heavy atom. The summed E-state index contributed by atoms with van der Waals surface area (Å²) in [5.41, 5.74) is 1.22. The molecule has 0 aromatic heterocycles. The van der Waals surface area contributed by atoms with Crippen molar-refractivity contribution in [1.82, 2.24) is 9.80 Å². The Morgan fingerprint density at radius 3 is 2.72 bits per heavy atom. The number of nitrogens with one attached hydrogen (secondary N) is 1. The highest BCUT2D eigenvalue weighted by molar-refractivity contribution is 5.42. The molecule has 1 aliphatic heterocycles. The van der Waals surface area contributed by atoms with Crippen LogP contribution in [0.2, 0.25) is 0 Å². The molecule has 0 amide bonds. The van der Waals surface area contributed by atoms with Gasteiger partial charge in [0.15, 0.2) is 0 Å². The van der Waals surface area contributed by atoms with Gasteiger partial charge in [-0.05, 0) is 25.6 Å². The van der Waals surface area contributed by atoms with Crippen LogP contribution in [0.15, 0.2) is 30.3 Å². The highest BCUT2D eigenvalue weighted by Gasteiger charge is 2.21. The van der Waals surface area contributed by atoms with E-state index in [0.29, 0.717) is 0 Å². The molecule has 0 bridgehead atoms. The van der Waals surface area contributed by atoms with Crippen LogP contribution in [0.5, 0.6) is 0 Å². The van der Waals surface area contributed by atoms with E-state index in [1.807, 2.05) is 0 Å². The van der Waals surface area contributed by atoms with E-state index in [0.717, 1.165) is 19.1 Å². The Bertz CT molecular complexity index is 339. The lowest BCUT2D eigenvalue weighted by Crippen LogP contribution is -2.51. The zero-order valence-corrected chi connectivity index (χ0v) is 11.6. The van der Waals surface area contributed by atoms with Crippen molar-refractivity contribution in [3.63, 3.8) is 0 Å². The highest BCUT2D eigenvalue weighted by atomic mass is 15.3. The van der Waals surface area contributed by atoms with Gasteiger partial charge < -0.3 is 10.2 Å². The van der Waals surface area contributed by atoms with Crippen LogP contribution in [0.25, 0.3) is 0 Å². The number of piperazine rings is 1. The maximum atomic E-state index is 3.48. The summed E-state index contributed by atoms with van der Waals surface area (Å²) in [4.78, 5) is 5.06. The van der Waals surface area contributed by atoms with Gasteiger partial charge in [0.05, 0.1) is 0 Å². The Morgan fingerprint density at radius 2 is 2.00 bits per heavy atom. The van der Waals surface area contributed by atoms with Crippen LogP contribution in [0.1, 0.15) is 13.3 Å². The molecule has 1 unspecified atom stereocenters. The van der Waals surface area contributed by atoms with E-state index in [1.54, 1.807) is 0 Å². The van der Waals surface area contributed by atoms with E-state index in [9.17, 15) is 0 Å². The Balaban J connectivity index is 1.71. The lowest BCUT2D eigenvalue weighted by molar-refractivity contribution is 0.0963. The van der Waals surface area contributed by atoms with Crippen molar-refractivity contribution in [3.05, 3.63) is 30.3 Å². The predicted octanol–water partition coefficient (Wildman–Crippen LogP) is 2.12. The number of anilines is 1. The standard InChI is InChI=1S/C15H25N3/c1-3-15-13-18(12-11-17(15)2)10-9-16-14-7-5-4-6-8-14/h4-8,15-16H,3,9-13H2,1-2H3. The van der Waals surface area contributed by atoms with E-state index in [4.69, 9.17) is 0 Å². The fraction of sp³-hybridized carbons (Fsp3) is 0.600. The van der Waals surface area contributed by atoms with E-state index in [1.165, 1.54) is 31.7 Å². The first kappa shape index (κ1) is 13.4. The van der Waals surface area contributed by atoms with Gasteiger partial charge in [0.2, 0.25) is 0 Å². The maximum Gasteiger partial charge on any atom is 0.0340 e. The quantitative estimate of drug-likeness (QED) is 0.860. The van der Waals surface area contributed by atoms with Gasteiger partial charge in [-0.15, -0.1) is 0 Å². The molecular formula is C15H25N3. The number of benzene rings is 1. The van der Waals surface area contributed by atoms with E-state index in [2.05, 4.69) is 59.4 Å². The molecule has 1 aromatic carbocycles. The third-order valence-corrected chi connectivity index (χ3v) is 3.86. The number of hydrogen-bond donors (Lipinski definition) is 1. The second kappa shape index (κ2) is 6.76. The molecule has 1 aromatic rings. The minimum absolute atomic E-state index is 0.732. The summed E-state index contributed by atoms with van der Waals surface area (Å²) in [7, 11) is 2.24. The fourth-order valence-corrected chi connectivity index (χ4v) is 2.57. The lowest BCUT2D eigenvalue weighted by atomic mass is 10.1. The number of nitrogens with zero attached hydrogens (tertiary/aromatic N) is 2. The van der Waals surface area contributed by atoms with Crippen LogP contribution >= 0.6 is 0 Å². The van der Waals surface area contributed by atoms with Gasteiger partial charge in [0.25, 0.3) is 0 Å². The van der Waals surface area contributed by atoms with Crippen molar-refractivity contribution in [2.45, 2.75) is 19.4 Å². The average Bonchev–Trinajstić information content (AvgIpc) is 2.42. The molecule has 1 N–H and O–H groups in total. The summed E-state index contributed by atoms with van der Waals surface area (Å²) < 4.78 is 0. The van der Waals surface area contributed by atoms with Crippen molar-refractivity contribution in [2.75, 3.05) is 45.1 Å². The summed E-state index contributed by atoms with van der Waals surface area (Å²) in [5.74, 6) is 0. The van der Waals surface area contributed by atoms with Crippen LogP contribution in [0, 0.1) is 0 Å². The first-order chi connectivity index (χ1) is 8.79. The van der Waals surface area contributed by atoms with Gasteiger partial charge in [-0.1, -0.05) is 25.1 Å². The zero-order chi connectivity index (χ0) is 12.8. The average molecular weight is 247 g/mol. The Hall–Kier alpha value is -1.06. The smallest absolute Gasteiger partial charge is 0.0340 e. The highest BCUT2D eigenvalue weighted by Crippen LogP contribution is 2.10. The Labute approximate surface area is 111 Å². The van der Waals surface area contributed by atoms with Gasteiger partial charge in [0.1, 0.15) is 0 Å². The molecule has 0 saturated carbocycles. The van der Waals surface area contributed by atoms with Gasteiger partial charge in [-0.3, -0.25) is 4.90 Å². The first-order valence-electron chi connectivity index (χ1n) is 7.01. The van der Waals surface area contributed by atoms with Crippen molar-refractivity contribution in [2.24, 2.45) is 0 Å². The fourth-order valence-electron chi connectivity index (χ4n) is 2.57. The van der Waals surface area contributed by atoms with Crippen molar-refractivity contribution in [1.29, 1.82) is 0 Å². The Kier molecular flexibility index (Phi) is 5.02. The lowest BCUT2D eigenvalue weighted by Gasteiger charge is -2.39. The molecule has 100 valence electrons. The third-order valence-electron chi connectivity index (χ3n) is 3.86. The molecule has 0 spiro atoms. The molecule has 18 heavy (non-hydrogen) atoms. The van der Waals surface area contributed by atoms with E-state index >= 15 is 0 Å². The van der Waals surface area contributed by atoms with Crippen molar-refractivity contribution < 1.29 is 0 Å². The summed E-state index contributed by atoms with van der Waals surface area (Å²) in [6.45, 7) is 8.06. The third kappa shape index (κ3) is 3.72. The van der Waals surface area contributed by atoms with Crippen LogP contribution in [0.4, 0.5) is 5.69 Å². The van der Waals surface area contributed by atoms with Crippen LogP contribution in [0.3, 0.4) is 0 Å². The monoisotopic (exact) mass is 247 g/mol. The molecule has 1 fully saturated rings. The summed E-state index contributed by atoms with van der Waals surface area (Å²) in [5, 5.41) is 3.48. The summed E-state index contributed by atoms with van der Waals surface area (Å²) in [6.07, 6.45) is 1.25. The normalized spacial score (nSPS) is 22.0. The minimum atomic E-state index is 0.732. The number of para-hydroxylation sites is 1. The molecule has 1 heterocycles. The molecule has 2 rings (SSSR count). The predicted molar refractivity (Wildman–Crippen MR) is 78.1 cm³/mol. The molecule has 1 aliphatic rings. The van der Waals surface area contributed by atoms with Gasteiger partial charge in [0, 0.05) is 44.5 Å². The van der Waals surface area contributed by atoms with Crippen LogP contribution in [-0.2, 0) is 0 Å². The van der Waals surface area contributed by atoms with Gasteiger partial charge in [-0.25, -0.2) is 0 Å². The summed E-state index contributed by atoms with van der Waals surface area (Å²) >= 11 is 0. The zero-order valence-electron chi connectivity index (χ0n) is 11.6. The molecule has 1 saturated heterocycles. The van der Waals surface area contributed by atoms with E-state index < -0.39 is 0 Å². The van der Waals surface area contributed by atoms with Crippen molar-refractivity contribution >= 4 is 5.69 Å². The van der Waals surface area contributed by atoms with Gasteiger partial charge >= 0.3 is 0 Å². The van der Waals surface area contributed by atoms with Gasteiger partial charge in [-0.2, -0.15) is 0 Å². The molecule has 3 heteroatoms. The van der Waals surface area contributed by atoms with Crippen LogP contribution < -0.4 is 5.32 Å². The minimum Gasteiger partial charge on any atom is -0.384 e. The molecular weight excluding hydrogens is 222 g/mol. The van der Waals surface area contributed by atoms with Crippen LogP contribution in [-0.4, -0.2) is 55.6 Å². The maximum absolute atomic E-state index is 3.48. The molecule has 0 radical (unpaired) electrons. The second-order valence-electron chi connectivity index (χ2n) is 5.14.